The molecule has 1 N–H and O–H groups in total. The molecule has 0 aromatic heterocycles. The van der Waals surface area contributed by atoms with E-state index in [1.165, 1.54) is 0 Å². The van der Waals surface area contributed by atoms with Gasteiger partial charge in [-0.25, -0.2) is 0 Å². The lowest BCUT2D eigenvalue weighted by Gasteiger charge is -2.33. The number of rotatable bonds is 6. The molecule has 2 aromatic carbocycles. The molecule has 0 bridgehead atoms. The molecule has 0 spiro atoms. The van der Waals surface area contributed by atoms with Crippen LogP contribution in [-0.4, -0.2) is 42.8 Å². The van der Waals surface area contributed by atoms with Gasteiger partial charge in [0, 0.05) is 22.2 Å². The number of ether oxygens (including phenoxy) is 2. The standard InChI is InChI=1S/C20H21Cl2NO4/c1-26-13-6-8-18(27-2)15(11-13)19(14-7-5-12(21)10-16(14)22)23-9-3-4-17(23)20(24)25/h5-8,10-11,17,19H,3-4,9H2,1-2H3,(H,24,25). The summed E-state index contributed by atoms with van der Waals surface area (Å²) < 4.78 is 10.9. The summed E-state index contributed by atoms with van der Waals surface area (Å²) in [5.41, 5.74) is 1.58. The number of benzene rings is 2. The Morgan fingerprint density at radius 2 is 1.93 bits per heavy atom. The molecule has 0 aliphatic carbocycles. The molecule has 0 saturated carbocycles. The van der Waals surface area contributed by atoms with E-state index in [-0.39, 0.29) is 0 Å². The third-order valence-electron chi connectivity index (χ3n) is 4.90. The summed E-state index contributed by atoms with van der Waals surface area (Å²) in [5.74, 6) is 0.458. The minimum Gasteiger partial charge on any atom is -0.497 e. The zero-order valence-electron chi connectivity index (χ0n) is 15.1. The van der Waals surface area contributed by atoms with E-state index in [0.29, 0.717) is 34.5 Å². The lowest BCUT2D eigenvalue weighted by atomic mass is 9.95. The van der Waals surface area contributed by atoms with Crippen LogP contribution in [-0.2, 0) is 4.79 Å². The zero-order valence-corrected chi connectivity index (χ0v) is 16.6. The van der Waals surface area contributed by atoms with Crippen LogP contribution in [0.1, 0.15) is 30.0 Å². The summed E-state index contributed by atoms with van der Waals surface area (Å²) in [7, 11) is 3.18. The van der Waals surface area contributed by atoms with Crippen molar-refractivity contribution in [2.24, 2.45) is 0 Å². The summed E-state index contributed by atoms with van der Waals surface area (Å²) in [4.78, 5) is 13.8. The Hall–Kier alpha value is -1.95. The van der Waals surface area contributed by atoms with Crippen LogP contribution in [0, 0.1) is 0 Å². The molecule has 144 valence electrons. The second kappa shape index (κ2) is 8.38. The number of methoxy groups -OCH3 is 2. The van der Waals surface area contributed by atoms with Crippen molar-refractivity contribution in [1.29, 1.82) is 0 Å². The summed E-state index contributed by atoms with van der Waals surface area (Å²) in [6.45, 7) is 0.640. The average molecular weight is 410 g/mol. The van der Waals surface area contributed by atoms with Crippen molar-refractivity contribution in [2.45, 2.75) is 24.9 Å². The van der Waals surface area contributed by atoms with Crippen molar-refractivity contribution in [1.82, 2.24) is 4.90 Å². The van der Waals surface area contributed by atoms with Gasteiger partial charge in [-0.1, -0.05) is 29.3 Å². The maximum Gasteiger partial charge on any atom is 0.320 e. The smallest absolute Gasteiger partial charge is 0.320 e. The molecule has 3 rings (SSSR count). The Labute approximate surface area is 168 Å². The molecule has 1 saturated heterocycles. The highest BCUT2D eigenvalue weighted by Crippen LogP contribution is 2.43. The van der Waals surface area contributed by atoms with Crippen LogP contribution in [0.2, 0.25) is 10.0 Å². The number of hydrogen-bond acceptors (Lipinski definition) is 4. The van der Waals surface area contributed by atoms with Gasteiger partial charge in [0.05, 0.1) is 20.3 Å². The van der Waals surface area contributed by atoms with Crippen LogP contribution in [0.3, 0.4) is 0 Å². The highest BCUT2D eigenvalue weighted by atomic mass is 35.5. The molecule has 1 heterocycles. The van der Waals surface area contributed by atoms with Gasteiger partial charge in [0.1, 0.15) is 17.5 Å². The van der Waals surface area contributed by atoms with Crippen molar-refractivity contribution in [2.75, 3.05) is 20.8 Å². The highest BCUT2D eigenvalue weighted by molar-refractivity contribution is 6.35. The van der Waals surface area contributed by atoms with Gasteiger partial charge in [-0.2, -0.15) is 0 Å². The minimum atomic E-state index is -0.843. The quantitative estimate of drug-likeness (QED) is 0.752. The summed E-state index contributed by atoms with van der Waals surface area (Å²) in [6.07, 6.45) is 1.38. The first kappa shape index (κ1) is 19.8. The second-order valence-electron chi connectivity index (χ2n) is 6.41. The Morgan fingerprint density at radius 3 is 2.56 bits per heavy atom. The third-order valence-corrected chi connectivity index (χ3v) is 5.46. The largest absolute Gasteiger partial charge is 0.497 e. The molecule has 7 heteroatoms. The van der Waals surface area contributed by atoms with E-state index in [1.807, 2.05) is 29.2 Å². The topological polar surface area (TPSA) is 59.0 Å². The summed E-state index contributed by atoms with van der Waals surface area (Å²) in [6, 6.07) is 9.76. The molecule has 27 heavy (non-hydrogen) atoms. The van der Waals surface area contributed by atoms with E-state index in [0.717, 1.165) is 17.5 Å². The number of carboxylic acids is 1. The van der Waals surface area contributed by atoms with Gasteiger partial charge in [0.2, 0.25) is 0 Å². The normalized spacial score (nSPS) is 18.3. The van der Waals surface area contributed by atoms with Crippen molar-refractivity contribution in [3.05, 3.63) is 57.6 Å². The molecule has 1 fully saturated rings. The molecule has 1 aliphatic rings. The first-order valence-electron chi connectivity index (χ1n) is 8.61. The number of halogens is 2. The number of aliphatic carboxylic acids is 1. The summed E-state index contributed by atoms with van der Waals surface area (Å²) in [5, 5.41) is 10.7. The number of carbonyl (C=O) groups is 1. The fraction of sp³-hybridized carbons (Fsp3) is 0.350. The lowest BCUT2D eigenvalue weighted by Crippen LogP contribution is -2.39. The molecule has 0 amide bonds. The maximum absolute atomic E-state index is 11.8. The van der Waals surface area contributed by atoms with Gasteiger partial charge in [0.15, 0.2) is 0 Å². The molecule has 1 aliphatic heterocycles. The van der Waals surface area contributed by atoms with Crippen molar-refractivity contribution < 1.29 is 19.4 Å². The van der Waals surface area contributed by atoms with Crippen LogP contribution in [0.4, 0.5) is 0 Å². The number of carboxylic acid groups (broad SMARTS) is 1. The van der Waals surface area contributed by atoms with Crippen LogP contribution < -0.4 is 9.47 Å². The van der Waals surface area contributed by atoms with E-state index in [9.17, 15) is 9.90 Å². The van der Waals surface area contributed by atoms with Crippen LogP contribution >= 0.6 is 23.2 Å². The van der Waals surface area contributed by atoms with Gasteiger partial charge in [-0.15, -0.1) is 0 Å². The van der Waals surface area contributed by atoms with E-state index in [4.69, 9.17) is 32.7 Å². The Morgan fingerprint density at radius 1 is 1.15 bits per heavy atom. The summed E-state index contributed by atoms with van der Waals surface area (Å²) >= 11 is 12.6. The van der Waals surface area contributed by atoms with Gasteiger partial charge in [0.25, 0.3) is 0 Å². The van der Waals surface area contributed by atoms with Crippen LogP contribution in [0.15, 0.2) is 36.4 Å². The van der Waals surface area contributed by atoms with Crippen LogP contribution in [0.5, 0.6) is 11.5 Å². The van der Waals surface area contributed by atoms with Gasteiger partial charge in [-0.05, 0) is 48.7 Å². The fourth-order valence-electron chi connectivity index (χ4n) is 3.66. The van der Waals surface area contributed by atoms with Gasteiger partial charge >= 0.3 is 5.97 Å². The van der Waals surface area contributed by atoms with E-state index in [2.05, 4.69) is 0 Å². The Bertz CT molecular complexity index is 843. The molecule has 2 atom stereocenters. The average Bonchev–Trinajstić information content (AvgIpc) is 3.13. The first-order valence-corrected chi connectivity index (χ1v) is 9.37. The number of nitrogens with zero attached hydrogens (tertiary/aromatic N) is 1. The molecule has 0 radical (unpaired) electrons. The maximum atomic E-state index is 11.8. The molecule has 2 aromatic rings. The fourth-order valence-corrected chi connectivity index (χ4v) is 4.18. The SMILES string of the molecule is COc1ccc(OC)c(C(c2ccc(Cl)cc2Cl)N2CCCC2C(=O)O)c1. The van der Waals surface area contributed by atoms with E-state index in [1.54, 1.807) is 26.4 Å². The lowest BCUT2D eigenvalue weighted by molar-refractivity contribution is -0.142. The predicted octanol–water partition coefficient (Wildman–Crippen LogP) is 4.65. The molecular formula is C20H21Cl2NO4. The second-order valence-corrected chi connectivity index (χ2v) is 7.25. The monoisotopic (exact) mass is 409 g/mol. The molecule has 5 nitrogen and oxygen atoms in total. The number of hydrogen-bond donors (Lipinski definition) is 1. The van der Waals surface area contributed by atoms with E-state index < -0.39 is 18.1 Å². The zero-order chi connectivity index (χ0) is 19.6. The Kier molecular flexibility index (Phi) is 6.15. The van der Waals surface area contributed by atoms with Crippen molar-refractivity contribution in [3.63, 3.8) is 0 Å². The Balaban J connectivity index is 2.20. The van der Waals surface area contributed by atoms with Crippen molar-refractivity contribution in [3.8, 4) is 11.5 Å². The van der Waals surface area contributed by atoms with Crippen molar-refractivity contribution >= 4 is 29.2 Å². The van der Waals surface area contributed by atoms with E-state index >= 15 is 0 Å². The molecular weight excluding hydrogens is 389 g/mol. The predicted molar refractivity (Wildman–Crippen MR) is 105 cm³/mol. The number of likely N-dealkylation sites (tertiary alicyclic amines) is 1. The first-order chi connectivity index (χ1) is 13.0. The van der Waals surface area contributed by atoms with Gasteiger partial charge < -0.3 is 14.6 Å². The highest BCUT2D eigenvalue weighted by Gasteiger charge is 2.38. The minimum absolute atomic E-state index is 0.400. The third kappa shape index (κ3) is 4.00. The van der Waals surface area contributed by atoms with Gasteiger partial charge in [-0.3, -0.25) is 9.69 Å². The van der Waals surface area contributed by atoms with Crippen LogP contribution in [0.25, 0.3) is 0 Å². The molecule has 2 unspecified atom stereocenters.